The summed E-state index contributed by atoms with van der Waals surface area (Å²) in [5, 5.41) is 9.14. The molecule has 0 saturated carbocycles. The highest BCUT2D eigenvalue weighted by Crippen LogP contribution is 2.54. The van der Waals surface area contributed by atoms with E-state index in [2.05, 4.69) is 0 Å². The number of methoxy groups -OCH3 is 1. The lowest BCUT2D eigenvalue weighted by Gasteiger charge is -2.33. The molecular weight excluding hydrogens is 428 g/mol. The normalized spacial score (nSPS) is 14.7. The van der Waals surface area contributed by atoms with Gasteiger partial charge < -0.3 is 14.4 Å². The molecule has 1 N–H and O–H groups in total. The third-order valence-electron chi connectivity index (χ3n) is 5.21. The number of hydrogen-bond acceptors (Lipinski definition) is 3. The number of halogens is 6. The maximum Gasteiger partial charge on any atom is 0.435 e. The Morgan fingerprint density at radius 2 is 1.61 bits per heavy atom. The monoisotopic (exact) mass is 447 g/mol. The van der Waals surface area contributed by atoms with E-state index in [1.165, 1.54) is 22.8 Å². The van der Waals surface area contributed by atoms with Crippen LogP contribution in [0.4, 0.5) is 26.3 Å². The van der Waals surface area contributed by atoms with Crippen molar-refractivity contribution in [1.29, 1.82) is 0 Å². The van der Waals surface area contributed by atoms with E-state index < -0.39 is 34.8 Å². The number of unbranched alkanes of at least 4 members (excludes halogenated alkanes) is 1. The lowest BCUT2D eigenvalue weighted by molar-refractivity contribution is -0.375. The van der Waals surface area contributed by atoms with Gasteiger partial charge in [0.15, 0.2) is 0 Å². The van der Waals surface area contributed by atoms with Crippen molar-refractivity contribution in [3.8, 4) is 5.75 Å². The molecule has 4 nitrogen and oxygen atoms in total. The summed E-state index contributed by atoms with van der Waals surface area (Å²) in [4.78, 5) is 13.0. The molecule has 0 radical (unpaired) electrons. The molecule has 2 aromatic carbocycles. The third kappa shape index (κ3) is 3.52. The minimum Gasteiger partial charge on any atom is -0.496 e. The molecule has 168 valence electrons. The van der Waals surface area contributed by atoms with Crippen molar-refractivity contribution in [2.75, 3.05) is 7.11 Å². The molecule has 1 aromatic heterocycles. The van der Waals surface area contributed by atoms with Crippen LogP contribution in [0.1, 0.15) is 25.3 Å². The summed E-state index contributed by atoms with van der Waals surface area (Å²) in [5.41, 5.74) is -7.36. The number of pyridine rings is 1. The van der Waals surface area contributed by atoms with Crippen molar-refractivity contribution in [2.24, 2.45) is 0 Å². The summed E-state index contributed by atoms with van der Waals surface area (Å²) in [6.45, 7) is 2.08. The minimum atomic E-state index is -6.17. The SMILES string of the molecule is CCCCn1c(=O)c2ccccc2c2cc(C(F)(C(O)(F)F)C(F)(F)F)c(OC)cc21. The standard InChI is InChI=1S/C21H19F6NO3/c1-3-4-9-28-16-11-17(31-2)15(19(22,20(23,24)25)21(26,27)30)10-14(16)12-7-5-6-8-13(12)18(28)29/h5-8,10-11,30H,3-4,9H2,1-2H3. The first-order valence-corrected chi connectivity index (χ1v) is 9.38. The Labute approximate surface area is 172 Å². The van der Waals surface area contributed by atoms with Gasteiger partial charge >= 0.3 is 18.0 Å². The van der Waals surface area contributed by atoms with Crippen molar-refractivity contribution < 1.29 is 36.2 Å². The average Bonchev–Trinajstić information content (AvgIpc) is 2.70. The van der Waals surface area contributed by atoms with E-state index in [4.69, 9.17) is 9.84 Å². The van der Waals surface area contributed by atoms with Crippen LogP contribution in [0, 0.1) is 0 Å². The van der Waals surface area contributed by atoms with Gasteiger partial charge in [-0.05, 0) is 23.9 Å². The van der Waals surface area contributed by atoms with Gasteiger partial charge in [0.05, 0.1) is 18.2 Å². The van der Waals surface area contributed by atoms with Crippen LogP contribution in [-0.2, 0) is 12.2 Å². The van der Waals surface area contributed by atoms with E-state index >= 15 is 4.39 Å². The van der Waals surface area contributed by atoms with Crippen LogP contribution >= 0.6 is 0 Å². The van der Waals surface area contributed by atoms with Crippen LogP contribution in [0.2, 0.25) is 0 Å². The number of nitrogens with zero attached hydrogens (tertiary/aromatic N) is 1. The molecule has 0 spiro atoms. The smallest absolute Gasteiger partial charge is 0.435 e. The predicted octanol–water partition coefficient (Wildman–Crippen LogP) is 5.28. The van der Waals surface area contributed by atoms with Crippen molar-refractivity contribution in [1.82, 2.24) is 4.57 Å². The summed E-state index contributed by atoms with van der Waals surface area (Å²) in [6, 6.07) is 7.40. The number of benzene rings is 2. The van der Waals surface area contributed by atoms with E-state index in [0.717, 1.165) is 13.2 Å². The van der Waals surface area contributed by atoms with Gasteiger partial charge in [0.1, 0.15) is 5.75 Å². The molecule has 31 heavy (non-hydrogen) atoms. The zero-order valence-electron chi connectivity index (χ0n) is 16.6. The highest BCUT2D eigenvalue weighted by atomic mass is 19.4. The number of aryl methyl sites for hydroxylation is 1. The molecule has 0 aliphatic heterocycles. The Morgan fingerprint density at radius 1 is 1.00 bits per heavy atom. The molecule has 3 rings (SSSR count). The average molecular weight is 447 g/mol. The molecule has 0 aliphatic rings. The summed E-state index contributed by atoms with van der Waals surface area (Å²) in [7, 11) is 0.881. The Morgan fingerprint density at radius 3 is 2.13 bits per heavy atom. The quantitative estimate of drug-likeness (QED) is 0.414. The first-order valence-electron chi connectivity index (χ1n) is 9.38. The number of aromatic nitrogens is 1. The number of aliphatic hydroxyl groups is 1. The van der Waals surface area contributed by atoms with Gasteiger partial charge in [-0.15, -0.1) is 0 Å². The van der Waals surface area contributed by atoms with Crippen molar-refractivity contribution in [3.05, 3.63) is 52.3 Å². The Kier molecular flexibility index (Phi) is 5.72. The molecule has 3 aromatic rings. The predicted molar refractivity (Wildman–Crippen MR) is 103 cm³/mol. The summed E-state index contributed by atoms with van der Waals surface area (Å²) in [6.07, 6.45) is -10.7. The van der Waals surface area contributed by atoms with Crippen LogP contribution in [-0.4, -0.2) is 29.1 Å². The van der Waals surface area contributed by atoms with Gasteiger partial charge in [0.2, 0.25) is 0 Å². The lowest BCUT2D eigenvalue weighted by Crippen LogP contribution is -2.52. The van der Waals surface area contributed by atoms with E-state index in [-0.39, 0.29) is 28.2 Å². The molecule has 0 saturated heterocycles. The fraction of sp³-hybridized carbons (Fsp3) is 0.381. The maximum atomic E-state index is 15.0. The molecule has 1 heterocycles. The Bertz CT molecular complexity index is 1170. The lowest BCUT2D eigenvalue weighted by atomic mass is 9.90. The summed E-state index contributed by atoms with van der Waals surface area (Å²) >= 11 is 0. The van der Waals surface area contributed by atoms with Gasteiger partial charge in [-0.25, -0.2) is 4.39 Å². The molecule has 0 fully saturated rings. The van der Waals surface area contributed by atoms with Crippen LogP contribution < -0.4 is 10.3 Å². The largest absolute Gasteiger partial charge is 0.496 e. The van der Waals surface area contributed by atoms with E-state index in [1.807, 2.05) is 6.92 Å². The van der Waals surface area contributed by atoms with Gasteiger partial charge in [-0.2, -0.15) is 22.0 Å². The number of hydrogen-bond donors (Lipinski definition) is 1. The molecule has 0 bridgehead atoms. The molecular formula is C21H19F6NO3. The summed E-state index contributed by atoms with van der Waals surface area (Å²) in [5.74, 6) is -0.874. The Hall–Kier alpha value is -2.75. The van der Waals surface area contributed by atoms with E-state index in [0.29, 0.717) is 18.9 Å². The molecule has 0 amide bonds. The second-order valence-electron chi connectivity index (χ2n) is 7.12. The molecule has 1 unspecified atom stereocenters. The van der Waals surface area contributed by atoms with Crippen LogP contribution in [0.25, 0.3) is 21.7 Å². The molecule has 10 heteroatoms. The second kappa shape index (κ2) is 7.74. The fourth-order valence-corrected chi connectivity index (χ4v) is 3.63. The highest BCUT2D eigenvalue weighted by Gasteiger charge is 2.73. The topological polar surface area (TPSA) is 51.5 Å². The minimum absolute atomic E-state index is 0.0578. The van der Waals surface area contributed by atoms with Gasteiger partial charge in [0, 0.05) is 23.4 Å². The number of fused-ring (bicyclic) bond motifs is 3. The van der Waals surface area contributed by atoms with Gasteiger partial charge in [0.25, 0.3) is 5.56 Å². The third-order valence-corrected chi connectivity index (χ3v) is 5.21. The highest BCUT2D eigenvalue weighted by molar-refractivity contribution is 6.06. The number of rotatable bonds is 6. The van der Waals surface area contributed by atoms with Crippen molar-refractivity contribution in [2.45, 2.75) is 44.3 Å². The second-order valence-corrected chi connectivity index (χ2v) is 7.12. The number of alkyl halides is 6. The van der Waals surface area contributed by atoms with Crippen LogP contribution in [0.5, 0.6) is 5.75 Å². The van der Waals surface area contributed by atoms with Gasteiger partial charge in [-0.3, -0.25) is 4.79 Å². The fourth-order valence-electron chi connectivity index (χ4n) is 3.63. The van der Waals surface area contributed by atoms with Crippen molar-refractivity contribution in [3.63, 3.8) is 0 Å². The maximum absolute atomic E-state index is 15.0. The first kappa shape index (κ1) is 22.9. The van der Waals surface area contributed by atoms with E-state index in [1.54, 1.807) is 6.07 Å². The first-order chi connectivity index (χ1) is 14.4. The van der Waals surface area contributed by atoms with Crippen LogP contribution in [0.3, 0.4) is 0 Å². The Balaban J connectivity index is 2.53. The number of ether oxygens (including phenoxy) is 1. The van der Waals surface area contributed by atoms with Gasteiger partial charge in [-0.1, -0.05) is 31.5 Å². The molecule has 0 aliphatic carbocycles. The molecule has 1 atom stereocenters. The zero-order valence-corrected chi connectivity index (χ0v) is 16.6. The summed E-state index contributed by atoms with van der Waals surface area (Å²) < 4.78 is 88.9. The van der Waals surface area contributed by atoms with Crippen LogP contribution in [0.15, 0.2) is 41.2 Å². The van der Waals surface area contributed by atoms with Crippen molar-refractivity contribution >= 4 is 21.7 Å². The zero-order chi connectivity index (χ0) is 23.2. The van der Waals surface area contributed by atoms with E-state index in [9.17, 15) is 26.7 Å².